The largest absolute Gasteiger partial charge is 0.469 e. The number of hydrogen-bond acceptors (Lipinski definition) is 5. The van der Waals surface area contributed by atoms with Crippen LogP contribution in [-0.4, -0.2) is 24.0 Å². The zero-order valence-corrected chi connectivity index (χ0v) is 24.1. The van der Waals surface area contributed by atoms with E-state index in [2.05, 4.69) is 59.7 Å². The molecule has 0 radical (unpaired) electrons. The third-order valence-electron chi connectivity index (χ3n) is 12.9. The fourth-order valence-electron chi connectivity index (χ4n) is 10.9. The van der Waals surface area contributed by atoms with E-state index in [0.717, 1.165) is 57.1 Å². The summed E-state index contributed by atoms with van der Waals surface area (Å²) in [5, 5.41) is 4.19. The quantitative estimate of drug-likeness (QED) is 0.389. The minimum Gasteiger partial charge on any atom is -0.469 e. The summed E-state index contributed by atoms with van der Waals surface area (Å²) in [6.07, 6.45) is 11.5. The fourth-order valence-corrected chi connectivity index (χ4v) is 10.9. The molecule has 1 heterocycles. The molecule has 0 amide bonds. The first kappa shape index (κ1) is 25.4. The standard InChI is InChI=1S/C32H45NO4/c1-27(2)11-13-32(26(35)36-8)14-12-31(7)24(20(32)17-27)21(34)15-23-29(5)16-19-18-33-37-25(19)28(3,4)22(29)9-10-30(23,31)6/h15,18,20,22,24H,9-14,16-17H2,1-8H3/t20-,22?,24?,29+,30-,31-,32+/m1/s1. The first-order valence-electron chi connectivity index (χ1n) is 14.5. The molecule has 202 valence electrons. The molecule has 5 heteroatoms. The lowest BCUT2D eigenvalue weighted by atomic mass is 9.34. The summed E-state index contributed by atoms with van der Waals surface area (Å²) < 4.78 is 11.2. The highest BCUT2D eigenvalue weighted by Crippen LogP contribution is 2.74. The monoisotopic (exact) mass is 507 g/mol. The Morgan fingerprint density at radius 3 is 2.43 bits per heavy atom. The van der Waals surface area contributed by atoms with Gasteiger partial charge in [-0.25, -0.2) is 0 Å². The van der Waals surface area contributed by atoms with Crippen LogP contribution in [0.1, 0.15) is 105 Å². The minimum absolute atomic E-state index is 0.0302. The number of carbonyl (C=O) groups is 2. The Hall–Kier alpha value is -1.91. The van der Waals surface area contributed by atoms with Crippen LogP contribution in [0.25, 0.3) is 0 Å². The van der Waals surface area contributed by atoms with Gasteiger partial charge in [0.1, 0.15) is 5.76 Å². The van der Waals surface area contributed by atoms with Crippen LogP contribution in [0.4, 0.5) is 0 Å². The second-order valence-corrected chi connectivity index (χ2v) is 15.4. The Kier molecular flexibility index (Phi) is 5.06. The maximum Gasteiger partial charge on any atom is 0.312 e. The average molecular weight is 508 g/mol. The predicted octanol–water partition coefficient (Wildman–Crippen LogP) is 6.84. The first-order valence-corrected chi connectivity index (χ1v) is 14.5. The third-order valence-corrected chi connectivity index (χ3v) is 12.9. The smallest absolute Gasteiger partial charge is 0.312 e. The van der Waals surface area contributed by atoms with Crippen LogP contribution >= 0.6 is 0 Å². The van der Waals surface area contributed by atoms with Crippen molar-refractivity contribution in [3.8, 4) is 0 Å². The van der Waals surface area contributed by atoms with Gasteiger partial charge in [0.15, 0.2) is 5.78 Å². The molecule has 37 heavy (non-hydrogen) atoms. The molecule has 0 bridgehead atoms. The molecule has 7 atom stereocenters. The van der Waals surface area contributed by atoms with Crippen molar-refractivity contribution in [2.24, 2.45) is 44.8 Å². The molecule has 0 N–H and O–H groups in total. The SMILES string of the molecule is COC(=O)[C@]12CCC(C)(C)C[C@@H]1C1C(=O)C=C3[C@@]4(C)Cc5cnoc5C(C)(C)C4CC[C@@]3(C)[C@]1(C)CC2. The van der Waals surface area contributed by atoms with E-state index in [-0.39, 0.29) is 50.7 Å². The van der Waals surface area contributed by atoms with E-state index in [4.69, 9.17) is 9.26 Å². The maximum atomic E-state index is 14.5. The zero-order valence-electron chi connectivity index (χ0n) is 24.1. The van der Waals surface area contributed by atoms with Gasteiger partial charge in [-0.2, -0.15) is 0 Å². The maximum absolute atomic E-state index is 14.5. The molecule has 5 nitrogen and oxygen atoms in total. The van der Waals surface area contributed by atoms with Gasteiger partial charge < -0.3 is 9.26 Å². The van der Waals surface area contributed by atoms with Crippen molar-refractivity contribution >= 4 is 11.8 Å². The summed E-state index contributed by atoms with van der Waals surface area (Å²) in [4.78, 5) is 27.9. The number of carbonyl (C=O) groups excluding carboxylic acids is 2. The molecule has 3 saturated carbocycles. The first-order chi connectivity index (χ1) is 17.2. The molecule has 1 aromatic rings. The molecular formula is C32H45NO4. The number of nitrogens with zero attached hydrogens (tertiary/aromatic N) is 1. The summed E-state index contributed by atoms with van der Waals surface area (Å²) in [7, 11) is 1.52. The Bertz CT molecular complexity index is 1210. The van der Waals surface area contributed by atoms with Crippen molar-refractivity contribution in [1.82, 2.24) is 5.16 Å². The predicted molar refractivity (Wildman–Crippen MR) is 142 cm³/mol. The van der Waals surface area contributed by atoms with Crippen LogP contribution in [0.15, 0.2) is 22.4 Å². The molecule has 1 aromatic heterocycles. The van der Waals surface area contributed by atoms with E-state index >= 15 is 0 Å². The Balaban J connectivity index is 1.51. The van der Waals surface area contributed by atoms with E-state index in [1.165, 1.54) is 18.2 Å². The number of methoxy groups -OCH3 is 1. The second-order valence-electron chi connectivity index (χ2n) is 15.4. The Morgan fingerprint density at radius 1 is 1.03 bits per heavy atom. The number of fused-ring (bicyclic) bond motifs is 8. The van der Waals surface area contributed by atoms with Crippen molar-refractivity contribution in [2.45, 2.75) is 105 Å². The van der Waals surface area contributed by atoms with Crippen molar-refractivity contribution in [2.75, 3.05) is 7.11 Å². The lowest BCUT2D eigenvalue weighted by Gasteiger charge is -2.69. The van der Waals surface area contributed by atoms with Gasteiger partial charge in [0, 0.05) is 16.9 Å². The molecule has 5 aliphatic rings. The minimum atomic E-state index is -0.531. The normalized spacial score (nSPS) is 45.4. The highest BCUT2D eigenvalue weighted by molar-refractivity contribution is 5.96. The van der Waals surface area contributed by atoms with Gasteiger partial charge in [-0.3, -0.25) is 9.59 Å². The van der Waals surface area contributed by atoms with Crippen LogP contribution < -0.4 is 0 Å². The average Bonchev–Trinajstić information content (AvgIpc) is 3.28. The van der Waals surface area contributed by atoms with Gasteiger partial charge >= 0.3 is 5.97 Å². The summed E-state index contributed by atoms with van der Waals surface area (Å²) in [6, 6.07) is 0. The van der Waals surface area contributed by atoms with Crippen LogP contribution in [0.3, 0.4) is 0 Å². The highest BCUT2D eigenvalue weighted by Gasteiger charge is 2.71. The van der Waals surface area contributed by atoms with Crippen LogP contribution in [0.5, 0.6) is 0 Å². The van der Waals surface area contributed by atoms with E-state index in [0.29, 0.717) is 5.92 Å². The summed E-state index contributed by atoms with van der Waals surface area (Å²) in [6.45, 7) is 16.5. The molecule has 6 rings (SSSR count). The van der Waals surface area contributed by atoms with Crippen LogP contribution in [0, 0.1) is 44.8 Å². The van der Waals surface area contributed by atoms with E-state index in [1.54, 1.807) is 0 Å². The van der Waals surface area contributed by atoms with Gasteiger partial charge in [-0.05, 0) is 90.9 Å². The Labute approximate surface area is 222 Å². The lowest BCUT2D eigenvalue weighted by molar-refractivity contribution is -0.191. The molecule has 2 unspecified atom stereocenters. The lowest BCUT2D eigenvalue weighted by Crippen LogP contribution is -2.66. The van der Waals surface area contributed by atoms with E-state index in [9.17, 15) is 9.59 Å². The van der Waals surface area contributed by atoms with Gasteiger partial charge in [-0.15, -0.1) is 0 Å². The van der Waals surface area contributed by atoms with Crippen molar-refractivity contribution < 1.29 is 18.8 Å². The summed E-state index contributed by atoms with van der Waals surface area (Å²) in [5.41, 5.74) is 1.59. The van der Waals surface area contributed by atoms with Crippen molar-refractivity contribution in [3.63, 3.8) is 0 Å². The number of ether oxygens (including phenoxy) is 1. The number of ketones is 1. The molecular weight excluding hydrogens is 462 g/mol. The van der Waals surface area contributed by atoms with E-state index < -0.39 is 5.41 Å². The summed E-state index contributed by atoms with van der Waals surface area (Å²) >= 11 is 0. The molecule has 0 spiro atoms. The summed E-state index contributed by atoms with van der Waals surface area (Å²) in [5.74, 6) is 1.46. The number of esters is 1. The topological polar surface area (TPSA) is 69.4 Å². The molecule has 0 saturated heterocycles. The van der Waals surface area contributed by atoms with Crippen LogP contribution in [-0.2, 0) is 26.2 Å². The van der Waals surface area contributed by atoms with Crippen molar-refractivity contribution in [1.29, 1.82) is 0 Å². The van der Waals surface area contributed by atoms with Gasteiger partial charge in [0.25, 0.3) is 0 Å². The number of allylic oxidation sites excluding steroid dienone is 2. The van der Waals surface area contributed by atoms with E-state index in [1.807, 2.05) is 6.20 Å². The van der Waals surface area contributed by atoms with Gasteiger partial charge in [0.05, 0.1) is 18.7 Å². The van der Waals surface area contributed by atoms with Gasteiger partial charge in [-0.1, -0.05) is 59.2 Å². The zero-order chi connectivity index (χ0) is 26.8. The number of aromatic nitrogens is 1. The molecule has 3 fully saturated rings. The molecule has 0 aromatic carbocycles. The highest BCUT2D eigenvalue weighted by atomic mass is 16.5. The van der Waals surface area contributed by atoms with Gasteiger partial charge in [0.2, 0.25) is 0 Å². The van der Waals surface area contributed by atoms with Crippen LogP contribution in [0.2, 0.25) is 0 Å². The number of rotatable bonds is 1. The second kappa shape index (κ2) is 7.39. The number of hydrogen-bond donors (Lipinski definition) is 0. The molecule has 0 aliphatic heterocycles. The Morgan fingerprint density at radius 2 is 1.73 bits per heavy atom. The molecule has 5 aliphatic carbocycles. The third kappa shape index (κ3) is 2.95. The fraction of sp³-hybridized carbons (Fsp3) is 0.781. The van der Waals surface area contributed by atoms with Crippen molar-refractivity contribution in [3.05, 3.63) is 29.2 Å².